The number of rotatable bonds is 15. The number of aromatic nitrogens is 3. The molecule has 0 amide bonds. The molecule has 16 heteroatoms. The van der Waals surface area contributed by atoms with Crippen LogP contribution in [0.1, 0.15) is 18.9 Å². The van der Waals surface area contributed by atoms with Crippen LogP contribution in [0.5, 0.6) is 5.75 Å². The minimum Gasteiger partial charge on any atom is -0.491 e. The summed E-state index contributed by atoms with van der Waals surface area (Å²) >= 11 is 18.5. The Labute approximate surface area is 325 Å². The van der Waals surface area contributed by atoms with Crippen LogP contribution in [0, 0.1) is 0 Å². The van der Waals surface area contributed by atoms with Crippen LogP contribution in [0.15, 0.2) is 79.4 Å². The van der Waals surface area contributed by atoms with Crippen LogP contribution >= 0.6 is 35.4 Å². The van der Waals surface area contributed by atoms with Gasteiger partial charge in [0.05, 0.1) is 18.2 Å². The minimum absolute atomic E-state index is 0. The standard InChI is InChI=1S/C37H45Cl2N7O5S.H2O/c1-4-15-45(21-35(47-2)48-3)36(52)42-28-6-8-29(9-7-28)43-16-18-44(19-17-43)30-10-12-31(13-11-30)49-22-32-23-50-37(51-32,24-46-26-40-25-41-46)33-14-5-27(38)20-34(33)39;/h5-14,20,25-26,32,35H,4,15-19,21-24H2,1-3H3,(H,42,52);1H2. The van der Waals surface area contributed by atoms with E-state index in [1.165, 1.54) is 12.0 Å². The number of methoxy groups -OCH3 is 2. The smallest absolute Gasteiger partial charge is 0.217 e. The van der Waals surface area contributed by atoms with Crippen LogP contribution < -0.4 is 19.9 Å². The molecule has 3 N–H and O–H groups in total. The number of nitrogens with zero attached hydrogens (tertiary/aromatic N) is 6. The first-order chi connectivity index (χ1) is 25.3. The lowest BCUT2D eigenvalue weighted by Crippen LogP contribution is -2.46. The van der Waals surface area contributed by atoms with Gasteiger partial charge in [-0.1, -0.05) is 36.2 Å². The summed E-state index contributed by atoms with van der Waals surface area (Å²) in [4.78, 5) is 10.9. The van der Waals surface area contributed by atoms with Crippen LogP contribution in [0.4, 0.5) is 17.1 Å². The van der Waals surface area contributed by atoms with Gasteiger partial charge in [0.25, 0.3) is 0 Å². The molecule has 0 radical (unpaired) electrons. The first-order valence-corrected chi connectivity index (χ1v) is 18.5. The molecule has 0 bridgehead atoms. The molecule has 3 aromatic carbocycles. The average Bonchev–Trinajstić information content (AvgIpc) is 3.83. The number of thiocarbonyl (C=S) groups is 1. The highest BCUT2D eigenvalue weighted by molar-refractivity contribution is 7.80. The predicted octanol–water partition coefficient (Wildman–Crippen LogP) is 5.46. The molecule has 286 valence electrons. The Balaban J connectivity index is 0.00000541. The Bertz CT molecular complexity index is 1730. The number of piperazine rings is 1. The highest BCUT2D eigenvalue weighted by Gasteiger charge is 2.45. The van der Waals surface area contributed by atoms with Gasteiger partial charge in [-0.15, -0.1) is 0 Å². The van der Waals surface area contributed by atoms with Gasteiger partial charge in [-0.25, -0.2) is 9.67 Å². The van der Waals surface area contributed by atoms with Gasteiger partial charge in [0, 0.05) is 74.6 Å². The van der Waals surface area contributed by atoms with Gasteiger partial charge in [0.1, 0.15) is 37.7 Å². The van der Waals surface area contributed by atoms with E-state index < -0.39 is 5.79 Å². The summed E-state index contributed by atoms with van der Waals surface area (Å²) in [5.41, 5.74) is 3.96. The van der Waals surface area contributed by atoms with E-state index in [-0.39, 0.29) is 24.4 Å². The Kier molecular flexibility index (Phi) is 14.5. The number of halogens is 2. The molecule has 1 aromatic heterocycles. The maximum Gasteiger partial charge on any atom is 0.217 e. The van der Waals surface area contributed by atoms with E-state index in [1.807, 2.05) is 18.2 Å². The van der Waals surface area contributed by atoms with Gasteiger partial charge in [-0.2, -0.15) is 5.10 Å². The number of nitrogens with one attached hydrogen (secondary N) is 1. The molecule has 2 aliphatic rings. The molecular weight excluding hydrogens is 741 g/mol. The molecule has 2 saturated heterocycles. The summed E-state index contributed by atoms with van der Waals surface area (Å²) < 4.78 is 31.3. The highest BCUT2D eigenvalue weighted by Crippen LogP contribution is 2.40. The van der Waals surface area contributed by atoms with Gasteiger partial charge in [0.15, 0.2) is 11.4 Å². The zero-order valence-electron chi connectivity index (χ0n) is 30.1. The van der Waals surface area contributed by atoms with Crippen LogP contribution in [-0.4, -0.2) is 109 Å². The number of hydrogen-bond acceptors (Lipinski definition) is 10. The molecule has 13 nitrogen and oxygen atoms in total. The van der Waals surface area contributed by atoms with Gasteiger partial charge >= 0.3 is 0 Å². The molecule has 3 heterocycles. The molecule has 0 aliphatic carbocycles. The molecule has 6 rings (SSSR count). The van der Waals surface area contributed by atoms with Crippen molar-refractivity contribution in [2.75, 3.05) is 81.8 Å². The summed E-state index contributed by atoms with van der Waals surface area (Å²) in [6, 6.07) is 21.9. The molecule has 0 saturated carbocycles. The van der Waals surface area contributed by atoms with E-state index in [4.69, 9.17) is 59.1 Å². The monoisotopic (exact) mass is 787 g/mol. The van der Waals surface area contributed by atoms with Crippen LogP contribution in [-0.2, 0) is 31.3 Å². The zero-order chi connectivity index (χ0) is 36.5. The largest absolute Gasteiger partial charge is 0.491 e. The van der Waals surface area contributed by atoms with E-state index in [2.05, 4.69) is 73.4 Å². The summed E-state index contributed by atoms with van der Waals surface area (Å²) in [5, 5.41) is 9.25. The molecule has 2 unspecified atom stereocenters. The van der Waals surface area contributed by atoms with Crippen molar-refractivity contribution < 1.29 is 29.2 Å². The fourth-order valence-corrected chi connectivity index (χ4v) is 7.21. The summed E-state index contributed by atoms with van der Waals surface area (Å²) in [6.07, 6.45) is 3.38. The summed E-state index contributed by atoms with van der Waals surface area (Å²) in [5.74, 6) is -0.399. The second-order valence-corrected chi connectivity index (χ2v) is 13.9. The summed E-state index contributed by atoms with van der Waals surface area (Å²) in [6.45, 7) is 8.04. The van der Waals surface area contributed by atoms with Crippen molar-refractivity contribution in [3.63, 3.8) is 0 Å². The molecule has 53 heavy (non-hydrogen) atoms. The molecule has 2 atom stereocenters. The second-order valence-electron chi connectivity index (χ2n) is 12.6. The van der Waals surface area contributed by atoms with Crippen molar-refractivity contribution in [3.05, 3.63) is 95.0 Å². The summed E-state index contributed by atoms with van der Waals surface area (Å²) in [7, 11) is 3.27. The van der Waals surface area contributed by atoms with Crippen LogP contribution in [0.25, 0.3) is 0 Å². The van der Waals surface area contributed by atoms with Crippen molar-refractivity contribution in [2.24, 2.45) is 0 Å². The van der Waals surface area contributed by atoms with Gasteiger partial charge < -0.3 is 49.2 Å². The Morgan fingerprint density at radius 1 is 1.00 bits per heavy atom. The lowest BCUT2D eigenvalue weighted by Gasteiger charge is -2.37. The topological polar surface area (TPSA) is 130 Å². The van der Waals surface area contributed by atoms with E-state index in [1.54, 1.807) is 37.4 Å². The maximum absolute atomic E-state index is 6.59. The fraction of sp³-hybridized carbons (Fsp3) is 0.432. The van der Waals surface area contributed by atoms with Gasteiger partial charge in [-0.3, -0.25) is 0 Å². The lowest BCUT2D eigenvalue weighted by molar-refractivity contribution is -0.190. The number of benzene rings is 3. The third-order valence-electron chi connectivity index (χ3n) is 9.11. The van der Waals surface area contributed by atoms with E-state index in [0.29, 0.717) is 40.5 Å². The van der Waals surface area contributed by atoms with Crippen molar-refractivity contribution in [1.82, 2.24) is 19.7 Å². The molecule has 0 spiro atoms. The Morgan fingerprint density at radius 2 is 1.66 bits per heavy atom. The number of hydrogen-bond donors (Lipinski definition) is 1. The molecule has 4 aromatic rings. The van der Waals surface area contributed by atoms with Crippen LogP contribution in [0.2, 0.25) is 10.0 Å². The molecule has 2 aliphatic heterocycles. The SMILES string of the molecule is CCCN(CC(OC)OC)C(=S)Nc1ccc(N2CCN(c3ccc(OCC4COC(Cn5cncn5)(c5ccc(Cl)cc5Cl)O4)cc3)CC2)cc1.O. The minimum atomic E-state index is -1.16. The first kappa shape index (κ1) is 40.5. The average molecular weight is 789 g/mol. The third kappa shape index (κ3) is 10.3. The third-order valence-corrected chi connectivity index (χ3v) is 10.0. The van der Waals surface area contributed by atoms with Crippen molar-refractivity contribution >= 4 is 57.6 Å². The van der Waals surface area contributed by atoms with Crippen LogP contribution in [0.3, 0.4) is 0 Å². The van der Waals surface area contributed by atoms with Crippen molar-refractivity contribution in [2.45, 2.75) is 38.1 Å². The maximum atomic E-state index is 6.59. The lowest BCUT2D eigenvalue weighted by atomic mass is 10.1. The van der Waals surface area contributed by atoms with Crippen molar-refractivity contribution in [3.8, 4) is 5.75 Å². The first-order valence-electron chi connectivity index (χ1n) is 17.3. The number of ether oxygens (including phenoxy) is 5. The van der Waals surface area contributed by atoms with Crippen molar-refractivity contribution in [1.29, 1.82) is 0 Å². The van der Waals surface area contributed by atoms with E-state index in [9.17, 15) is 0 Å². The Morgan fingerprint density at radius 3 is 2.25 bits per heavy atom. The Hall–Kier alpha value is -3.73. The zero-order valence-corrected chi connectivity index (χ0v) is 32.4. The number of anilines is 3. The molecular formula is C37H47Cl2N7O6S. The van der Waals surface area contributed by atoms with Gasteiger partial charge in [-0.05, 0) is 79.3 Å². The molecule has 2 fully saturated rings. The second kappa shape index (κ2) is 19.0. The highest BCUT2D eigenvalue weighted by atomic mass is 35.5. The fourth-order valence-electron chi connectivity index (χ4n) is 6.38. The van der Waals surface area contributed by atoms with E-state index >= 15 is 0 Å². The van der Waals surface area contributed by atoms with Gasteiger partial charge in [0.2, 0.25) is 5.79 Å². The predicted molar refractivity (Wildman–Crippen MR) is 211 cm³/mol. The van der Waals surface area contributed by atoms with E-state index in [0.717, 1.165) is 56.3 Å². The quantitative estimate of drug-likeness (QED) is 0.121. The normalized spacial score (nSPS) is 18.6.